The van der Waals surface area contributed by atoms with Crippen molar-refractivity contribution in [3.63, 3.8) is 0 Å². The fraction of sp³-hybridized carbons (Fsp3) is 0.562. The number of ether oxygens (including phenoxy) is 1. The molecule has 2 saturated heterocycles. The zero-order valence-corrected chi connectivity index (χ0v) is 13.5. The van der Waals surface area contributed by atoms with Gasteiger partial charge in [0.1, 0.15) is 0 Å². The van der Waals surface area contributed by atoms with Gasteiger partial charge in [-0.2, -0.15) is 0 Å². The monoisotopic (exact) mass is 323 g/mol. The molecule has 0 N–H and O–H groups in total. The van der Waals surface area contributed by atoms with Gasteiger partial charge in [-0.25, -0.2) is 0 Å². The van der Waals surface area contributed by atoms with Crippen molar-refractivity contribution in [1.29, 1.82) is 0 Å². The van der Waals surface area contributed by atoms with Crippen LogP contribution in [-0.2, 0) is 9.53 Å². The average Bonchev–Trinajstić information content (AvgIpc) is 2.57. The van der Waals surface area contributed by atoms with E-state index >= 15 is 0 Å². The maximum absolute atomic E-state index is 12.3. The minimum atomic E-state index is 0.225. The molecule has 3 rings (SSSR count). The molecule has 1 amide bonds. The Kier molecular flexibility index (Phi) is 5.18. The third kappa shape index (κ3) is 3.91. The van der Waals surface area contributed by atoms with Crippen LogP contribution in [0.1, 0.15) is 0 Å². The summed E-state index contributed by atoms with van der Waals surface area (Å²) in [5.41, 5.74) is 1.20. The number of amides is 1. The van der Waals surface area contributed by atoms with Gasteiger partial charge < -0.3 is 14.5 Å². The fourth-order valence-corrected chi connectivity index (χ4v) is 3.05. The van der Waals surface area contributed by atoms with Gasteiger partial charge in [-0.3, -0.25) is 9.69 Å². The van der Waals surface area contributed by atoms with E-state index in [9.17, 15) is 4.79 Å². The van der Waals surface area contributed by atoms with Gasteiger partial charge in [0.05, 0.1) is 19.8 Å². The van der Waals surface area contributed by atoms with Crippen LogP contribution in [0.5, 0.6) is 0 Å². The van der Waals surface area contributed by atoms with Crippen molar-refractivity contribution in [3.8, 4) is 0 Å². The van der Waals surface area contributed by atoms with Crippen molar-refractivity contribution in [2.45, 2.75) is 0 Å². The van der Waals surface area contributed by atoms with Gasteiger partial charge >= 0.3 is 0 Å². The lowest BCUT2D eigenvalue weighted by Crippen LogP contribution is -2.51. The third-order valence-electron chi connectivity index (χ3n) is 4.29. The zero-order valence-electron chi connectivity index (χ0n) is 12.7. The first kappa shape index (κ1) is 15.6. The van der Waals surface area contributed by atoms with Gasteiger partial charge in [0.25, 0.3) is 0 Å². The Balaban J connectivity index is 1.47. The Bertz CT molecular complexity index is 495. The average molecular weight is 324 g/mol. The molecule has 1 aromatic rings. The molecule has 0 aromatic heterocycles. The number of nitrogens with zero attached hydrogens (tertiary/aromatic N) is 3. The summed E-state index contributed by atoms with van der Waals surface area (Å²) in [6.45, 7) is 7.02. The van der Waals surface area contributed by atoms with Crippen LogP contribution >= 0.6 is 11.6 Å². The second-order valence-electron chi connectivity index (χ2n) is 5.73. The summed E-state index contributed by atoms with van der Waals surface area (Å²) in [6.07, 6.45) is 0. The van der Waals surface area contributed by atoms with Crippen LogP contribution in [0.4, 0.5) is 5.69 Å². The van der Waals surface area contributed by atoms with Crippen LogP contribution in [0.2, 0.25) is 5.02 Å². The predicted octanol–water partition coefficient (Wildman–Crippen LogP) is 1.32. The van der Waals surface area contributed by atoms with Crippen LogP contribution in [0, 0.1) is 0 Å². The van der Waals surface area contributed by atoms with Crippen molar-refractivity contribution in [3.05, 3.63) is 29.3 Å². The molecule has 6 heteroatoms. The molecular weight excluding hydrogens is 302 g/mol. The summed E-state index contributed by atoms with van der Waals surface area (Å²) in [4.78, 5) is 18.7. The Morgan fingerprint density at radius 1 is 1.00 bits per heavy atom. The molecule has 0 saturated carbocycles. The number of anilines is 1. The third-order valence-corrected chi connectivity index (χ3v) is 4.54. The largest absolute Gasteiger partial charge is 0.378 e. The summed E-state index contributed by atoms with van der Waals surface area (Å²) in [6, 6.07) is 7.95. The quantitative estimate of drug-likeness (QED) is 0.840. The van der Waals surface area contributed by atoms with E-state index in [0.29, 0.717) is 19.8 Å². The second kappa shape index (κ2) is 7.31. The smallest absolute Gasteiger partial charge is 0.236 e. The molecule has 2 aliphatic rings. The molecule has 5 nitrogen and oxygen atoms in total. The molecule has 2 fully saturated rings. The van der Waals surface area contributed by atoms with Gasteiger partial charge in [-0.15, -0.1) is 0 Å². The van der Waals surface area contributed by atoms with Crippen molar-refractivity contribution >= 4 is 23.2 Å². The molecule has 1 aromatic carbocycles. The van der Waals surface area contributed by atoms with Gasteiger partial charge in [0.15, 0.2) is 0 Å². The van der Waals surface area contributed by atoms with Gasteiger partial charge in [-0.1, -0.05) is 11.6 Å². The van der Waals surface area contributed by atoms with E-state index in [1.165, 1.54) is 5.69 Å². The molecule has 0 spiro atoms. The molecule has 0 radical (unpaired) electrons. The standard InChI is InChI=1S/C16H22ClN3O2/c17-14-1-3-15(4-2-14)19-7-5-18(6-8-19)13-16(21)20-9-11-22-12-10-20/h1-4H,5-13H2. The van der Waals surface area contributed by atoms with Crippen LogP contribution < -0.4 is 4.90 Å². The highest BCUT2D eigenvalue weighted by molar-refractivity contribution is 6.30. The highest BCUT2D eigenvalue weighted by Gasteiger charge is 2.22. The molecular formula is C16H22ClN3O2. The SMILES string of the molecule is O=C(CN1CCN(c2ccc(Cl)cc2)CC1)N1CCOCC1. The minimum absolute atomic E-state index is 0.225. The lowest BCUT2D eigenvalue weighted by molar-refractivity contribution is -0.136. The molecule has 0 aliphatic carbocycles. The Labute approximate surface area is 136 Å². The van der Waals surface area contributed by atoms with Crippen LogP contribution in [0.3, 0.4) is 0 Å². The Morgan fingerprint density at radius 2 is 1.64 bits per heavy atom. The number of morpholine rings is 1. The Hall–Kier alpha value is -1.30. The van der Waals surface area contributed by atoms with Crippen molar-refractivity contribution < 1.29 is 9.53 Å². The number of hydrogen-bond donors (Lipinski definition) is 0. The summed E-state index contributed by atoms with van der Waals surface area (Å²) in [7, 11) is 0. The lowest BCUT2D eigenvalue weighted by atomic mass is 10.2. The van der Waals surface area contributed by atoms with E-state index in [-0.39, 0.29) is 5.91 Å². The van der Waals surface area contributed by atoms with Gasteiger partial charge in [0, 0.05) is 50.0 Å². The summed E-state index contributed by atoms with van der Waals surface area (Å²) >= 11 is 5.93. The summed E-state index contributed by atoms with van der Waals surface area (Å²) in [5, 5.41) is 0.762. The molecule has 22 heavy (non-hydrogen) atoms. The fourth-order valence-electron chi connectivity index (χ4n) is 2.92. The number of carbonyl (C=O) groups excluding carboxylic acids is 1. The first-order chi connectivity index (χ1) is 10.7. The predicted molar refractivity (Wildman–Crippen MR) is 87.5 cm³/mol. The van der Waals surface area contributed by atoms with Crippen LogP contribution in [-0.4, -0.2) is 74.7 Å². The summed E-state index contributed by atoms with van der Waals surface area (Å²) < 4.78 is 5.29. The number of carbonyl (C=O) groups is 1. The lowest BCUT2D eigenvalue weighted by Gasteiger charge is -2.37. The molecule has 120 valence electrons. The summed E-state index contributed by atoms with van der Waals surface area (Å²) in [5.74, 6) is 0.225. The molecule has 0 atom stereocenters. The topological polar surface area (TPSA) is 36.0 Å². The van der Waals surface area contributed by atoms with Crippen LogP contribution in [0.25, 0.3) is 0 Å². The highest BCUT2D eigenvalue weighted by atomic mass is 35.5. The van der Waals surface area contributed by atoms with Gasteiger partial charge in [0.2, 0.25) is 5.91 Å². The normalized spacial score (nSPS) is 20.2. The number of hydrogen-bond acceptors (Lipinski definition) is 4. The van der Waals surface area contributed by atoms with Crippen LogP contribution in [0.15, 0.2) is 24.3 Å². The number of benzene rings is 1. The number of piperazine rings is 1. The maximum Gasteiger partial charge on any atom is 0.236 e. The molecule has 2 aliphatic heterocycles. The number of rotatable bonds is 3. The van der Waals surface area contributed by atoms with E-state index in [2.05, 4.69) is 21.9 Å². The van der Waals surface area contributed by atoms with Crippen molar-refractivity contribution in [2.75, 3.05) is 63.9 Å². The van der Waals surface area contributed by atoms with E-state index < -0.39 is 0 Å². The molecule has 0 bridgehead atoms. The number of halogens is 1. The van der Waals surface area contributed by atoms with E-state index in [0.717, 1.165) is 44.3 Å². The van der Waals surface area contributed by atoms with Crippen molar-refractivity contribution in [1.82, 2.24) is 9.80 Å². The van der Waals surface area contributed by atoms with E-state index in [4.69, 9.17) is 16.3 Å². The molecule has 2 heterocycles. The second-order valence-corrected chi connectivity index (χ2v) is 6.17. The van der Waals surface area contributed by atoms with E-state index in [1.54, 1.807) is 0 Å². The maximum atomic E-state index is 12.3. The first-order valence-corrected chi connectivity index (χ1v) is 8.18. The first-order valence-electron chi connectivity index (χ1n) is 7.81. The highest BCUT2D eigenvalue weighted by Crippen LogP contribution is 2.19. The van der Waals surface area contributed by atoms with Crippen molar-refractivity contribution in [2.24, 2.45) is 0 Å². The Morgan fingerprint density at radius 3 is 2.27 bits per heavy atom. The molecule has 0 unspecified atom stereocenters. The minimum Gasteiger partial charge on any atom is -0.378 e. The van der Waals surface area contributed by atoms with Gasteiger partial charge in [-0.05, 0) is 24.3 Å². The zero-order chi connectivity index (χ0) is 15.4. The van der Waals surface area contributed by atoms with E-state index in [1.807, 2.05) is 17.0 Å².